The summed E-state index contributed by atoms with van der Waals surface area (Å²) < 4.78 is 0.370. The molecule has 26 heavy (non-hydrogen) atoms. The van der Waals surface area contributed by atoms with Gasteiger partial charge in [-0.2, -0.15) is 5.11 Å². The topological polar surface area (TPSA) is 100 Å². The standard InChI is InChI=1S/C19H14N4O3/c24-17-10-9-12-5-1-2-6-13(12)15(17)11-20-22-19-21-16-8-4-3-7-14(16)18(25)23(19)26/h1-10,24,26H,11H2. The van der Waals surface area contributed by atoms with Crippen molar-refractivity contribution < 1.29 is 10.3 Å². The molecule has 1 aromatic heterocycles. The van der Waals surface area contributed by atoms with Gasteiger partial charge in [0.1, 0.15) is 5.75 Å². The summed E-state index contributed by atoms with van der Waals surface area (Å²) in [5, 5.41) is 30.1. The summed E-state index contributed by atoms with van der Waals surface area (Å²) in [7, 11) is 0. The molecule has 0 atom stereocenters. The van der Waals surface area contributed by atoms with Crippen LogP contribution in [0.1, 0.15) is 5.56 Å². The molecule has 4 aromatic rings. The average Bonchev–Trinajstić information content (AvgIpc) is 2.67. The number of aromatic nitrogens is 2. The molecule has 2 N–H and O–H groups in total. The van der Waals surface area contributed by atoms with Crippen LogP contribution in [0.5, 0.6) is 5.75 Å². The molecule has 7 heteroatoms. The van der Waals surface area contributed by atoms with Crippen molar-refractivity contribution in [2.45, 2.75) is 6.54 Å². The Bertz CT molecular complexity index is 1210. The summed E-state index contributed by atoms with van der Waals surface area (Å²) in [4.78, 5) is 16.3. The zero-order valence-electron chi connectivity index (χ0n) is 13.6. The zero-order valence-corrected chi connectivity index (χ0v) is 13.6. The minimum Gasteiger partial charge on any atom is -0.508 e. The lowest BCUT2D eigenvalue weighted by molar-refractivity contribution is 0.177. The van der Waals surface area contributed by atoms with E-state index in [0.29, 0.717) is 21.2 Å². The van der Waals surface area contributed by atoms with E-state index in [1.807, 2.05) is 30.3 Å². The first-order chi connectivity index (χ1) is 12.6. The van der Waals surface area contributed by atoms with Gasteiger partial charge in [0.05, 0.1) is 17.4 Å². The third-order valence-electron chi connectivity index (χ3n) is 4.14. The number of para-hydroxylation sites is 1. The molecular formula is C19H14N4O3. The van der Waals surface area contributed by atoms with Crippen LogP contribution in [0, 0.1) is 0 Å². The van der Waals surface area contributed by atoms with Gasteiger partial charge in [-0.05, 0) is 29.0 Å². The minimum atomic E-state index is -0.613. The first-order valence-corrected chi connectivity index (χ1v) is 7.93. The van der Waals surface area contributed by atoms with Crippen LogP contribution in [0.15, 0.2) is 75.7 Å². The van der Waals surface area contributed by atoms with Gasteiger partial charge in [-0.1, -0.05) is 42.5 Å². The fourth-order valence-corrected chi connectivity index (χ4v) is 2.84. The van der Waals surface area contributed by atoms with E-state index < -0.39 is 5.56 Å². The number of aromatic hydroxyl groups is 1. The summed E-state index contributed by atoms with van der Waals surface area (Å²) in [6.07, 6.45) is 0. The van der Waals surface area contributed by atoms with Crippen molar-refractivity contribution in [3.63, 3.8) is 0 Å². The van der Waals surface area contributed by atoms with Crippen molar-refractivity contribution in [1.82, 2.24) is 9.71 Å². The number of benzene rings is 3. The van der Waals surface area contributed by atoms with Gasteiger partial charge in [0.15, 0.2) is 0 Å². The Morgan fingerprint density at radius 2 is 1.69 bits per heavy atom. The molecule has 0 amide bonds. The van der Waals surface area contributed by atoms with Crippen LogP contribution in [-0.4, -0.2) is 20.0 Å². The summed E-state index contributed by atoms with van der Waals surface area (Å²) in [6, 6.07) is 17.7. The molecule has 0 saturated heterocycles. The number of rotatable bonds is 3. The highest BCUT2D eigenvalue weighted by Crippen LogP contribution is 2.28. The van der Waals surface area contributed by atoms with E-state index in [9.17, 15) is 15.1 Å². The molecule has 0 fully saturated rings. The maximum absolute atomic E-state index is 12.1. The Balaban J connectivity index is 1.72. The largest absolute Gasteiger partial charge is 0.508 e. The molecule has 0 aliphatic heterocycles. The minimum absolute atomic E-state index is 0.0792. The second-order valence-corrected chi connectivity index (χ2v) is 5.73. The second-order valence-electron chi connectivity index (χ2n) is 5.73. The predicted octanol–water partition coefficient (Wildman–Crippen LogP) is 3.78. The molecule has 0 aliphatic rings. The van der Waals surface area contributed by atoms with E-state index in [2.05, 4.69) is 15.2 Å². The van der Waals surface area contributed by atoms with Crippen LogP contribution in [0.2, 0.25) is 0 Å². The zero-order chi connectivity index (χ0) is 18.1. The van der Waals surface area contributed by atoms with Crippen LogP contribution >= 0.6 is 0 Å². The van der Waals surface area contributed by atoms with Crippen LogP contribution in [-0.2, 0) is 6.54 Å². The van der Waals surface area contributed by atoms with Gasteiger partial charge in [-0.25, -0.2) is 4.98 Å². The number of phenolic OH excluding ortho intramolecular Hbond substituents is 1. The molecule has 0 radical (unpaired) electrons. The summed E-state index contributed by atoms with van der Waals surface area (Å²) in [5.41, 5.74) is 0.418. The summed E-state index contributed by atoms with van der Waals surface area (Å²) >= 11 is 0. The number of hydrogen-bond donors (Lipinski definition) is 2. The van der Waals surface area contributed by atoms with Crippen LogP contribution in [0.4, 0.5) is 5.95 Å². The molecular weight excluding hydrogens is 332 g/mol. The second kappa shape index (κ2) is 6.29. The maximum Gasteiger partial charge on any atom is 0.295 e. The van der Waals surface area contributed by atoms with E-state index in [-0.39, 0.29) is 18.2 Å². The van der Waals surface area contributed by atoms with Gasteiger partial charge >= 0.3 is 0 Å². The van der Waals surface area contributed by atoms with Gasteiger partial charge in [0.25, 0.3) is 11.5 Å². The van der Waals surface area contributed by atoms with E-state index in [1.165, 1.54) is 0 Å². The monoisotopic (exact) mass is 346 g/mol. The fourth-order valence-electron chi connectivity index (χ4n) is 2.84. The maximum atomic E-state index is 12.1. The fraction of sp³-hybridized carbons (Fsp3) is 0.0526. The number of azo groups is 1. The van der Waals surface area contributed by atoms with Gasteiger partial charge in [0, 0.05) is 5.56 Å². The van der Waals surface area contributed by atoms with E-state index in [1.54, 1.807) is 30.3 Å². The molecule has 128 valence electrons. The first kappa shape index (κ1) is 15.8. The molecule has 1 heterocycles. The molecule has 0 unspecified atom stereocenters. The summed E-state index contributed by atoms with van der Waals surface area (Å²) in [5.74, 6) is -0.107. The van der Waals surface area contributed by atoms with Crippen molar-refractivity contribution in [2.75, 3.05) is 0 Å². The number of fused-ring (bicyclic) bond motifs is 2. The van der Waals surface area contributed by atoms with Gasteiger partial charge < -0.3 is 10.3 Å². The quantitative estimate of drug-likeness (QED) is 0.435. The molecule has 0 aliphatic carbocycles. The van der Waals surface area contributed by atoms with Crippen LogP contribution < -0.4 is 5.56 Å². The Morgan fingerprint density at radius 1 is 0.962 bits per heavy atom. The Hall–Kier alpha value is -3.74. The molecule has 0 spiro atoms. The Labute approximate surface area is 147 Å². The lowest BCUT2D eigenvalue weighted by atomic mass is 10.0. The third-order valence-corrected chi connectivity index (χ3v) is 4.14. The molecule has 3 aromatic carbocycles. The van der Waals surface area contributed by atoms with Crippen LogP contribution in [0.3, 0.4) is 0 Å². The third kappa shape index (κ3) is 2.65. The highest BCUT2D eigenvalue weighted by molar-refractivity contribution is 5.87. The summed E-state index contributed by atoms with van der Waals surface area (Å²) in [6.45, 7) is 0.0792. The van der Waals surface area contributed by atoms with Gasteiger partial charge in [-0.15, -0.1) is 9.84 Å². The smallest absolute Gasteiger partial charge is 0.295 e. The van der Waals surface area contributed by atoms with Crippen molar-refractivity contribution in [1.29, 1.82) is 0 Å². The molecule has 0 bridgehead atoms. The number of hydrogen-bond acceptors (Lipinski definition) is 6. The number of phenols is 1. The molecule has 7 nitrogen and oxygen atoms in total. The molecule has 4 rings (SSSR count). The first-order valence-electron chi connectivity index (χ1n) is 7.93. The van der Waals surface area contributed by atoms with Crippen molar-refractivity contribution in [3.05, 3.63) is 76.6 Å². The van der Waals surface area contributed by atoms with E-state index in [4.69, 9.17) is 0 Å². The van der Waals surface area contributed by atoms with E-state index >= 15 is 0 Å². The Morgan fingerprint density at radius 3 is 2.54 bits per heavy atom. The van der Waals surface area contributed by atoms with Crippen molar-refractivity contribution >= 4 is 27.6 Å². The van der Waals surface area contributed by atoms with Gasteiger partial charge in [-0.3, -0.25) is 4.79 Å². The molecule has 0 saturated carbocycles. The van der Waals surface area contributed by atoms with Crippen LogP contribution in [0.25, 0.3) is 21.7 Å². The highest BCUT2D eigenvalue weighted by atomic mass is 16.5. The lowest BCUT2D eigenvalue weighted by Gasteiger charge is -2.06. The van der Waals surface area contributed by atoms with Gasteiger partial charge in [0.2, 0.25) is 0 Å². The van der Waals surface area contributed by atoms with Crippen molar-refractivity contribution in [3.8, 4) is 5.75 Å². The van der Waals surface area contributed by atoms with E-state index in [0.717, 1.165) is 10.8 Å². The Kier molecular flexibility index (Phi) is 3.81. The highest BCUT2D eigenvalue weighted by Gasteiger charge is 2.10. The lowest BCUT2D eigenvalue weighted by Crippen LogP contribution is -2.18. The number of nitrogens with zero attached hydrogens (tertiary/aromatic N) is 4. The SMILES string of the molecule is O=c1c2ccccc2nc(N=NCc2c(O)ccc3ccccc23)n1O. The predicted molar refractivity (Wildman–Crippen MR) is 97.0 cm³/mol. The van der Waals surface area contributed by atoms with Crippen molar-refractivity contribution in [2.24, 2.45) is 10.2 Å². The average molecular weight is 346 g/mol. The normalized spacial score (nSPS) is 11.5.